The van der Waals surface area contributed by atoms with Gasteiger partial charge in [0.25, 0.3) is 5.56 Å². The van der Waals surface area contributed by atoms with Crippen molar-refractivity contribution in [3.63, 3.8) is 0 Å². The Bertz CT molecular complexity index is 1650. The number of fused-ring (bicyclic) bond motifs is 1. The number of hydrogen-bond acceptors (Lipinski definition) is 7. The normalized spacial score (nSPS) is 14.2. The average Bonchev–Trinajstić information content (AvgIpc) is 3.57. The van der Waals surface area contributed by atoms with Crippen LogP contribution in [0.5, 0.6) is 5.75 Å². The van der Waals surface area contributed by atoms with Crippen LogP contribution in [0.25, 0.3) is 15.2 Å². The number of amides is 1. The van der Waals surface area contributed by atoms with Gasteiger partial charge in [-0.1, -0.05) is 11.3 Å². The maximum absolute atomic E-state index is 14.1. The molecule has 0 aliphatic carbocycles. The van der Waals surface area contributed by atoms with Crippen LogP contribution in [0.15, 0.2) is 40.2 Å². The van der Waals surface area contributed by atoms with E-state index in [0.717, 1.165) is 23.8 Å². The summed E-state index contributed by atoms with van der Waals surface area (Å²) in [5.41, 5.74) is -1.35. The van der Waals surface area contributed by atoms with Gasteiger partial charge in [0.1, 0.15) is 26.9 Å². The van der Waals surface area contributed by atoms with E-state index in [1.165, 1.54) is 52.3 Å². The van der Waals surface area contributed by atoms with Gasteiger partial charge in [-0.25, -0.2) is 13.8 Å². The van der Waals surface area contributed by atoms with Gasteiger partial charge >= 0.3 is 5.69 Å². The predicted octanol–water partition coefficient (Wildman–Crippen LogP) is 3.25. The van der Waals surface area contributed by atoms with Crippen LogP contribution >= 0.6 is 11.3 Å². The molecule has 3 aromatic heterocycles. The quantitative estimate of drug-likeness (QED) is 0.347. The molecule has 10 nitrogen and oxygen atoms in total. The highest BCUT2D eigenvalue weighted by Gasteiger charge is 2.38. The average molecular weight is 555 g/mol. The number of piperidine rings is 1. The highest BCUT2D eigenvalue weighted by atomic mass is 32.1. The highest BCUT2D eigenvalue weighted by Crippen LogP contribution is 2.31. The first kappa shape index (κ1) is 26.8. The third kappa shape index (κ3) is 4.66. The Morgan fingerprint density at radius 3 is 2.49 bits per heavy atom. The molecule has 39 heavy (non-hydrogen) atoms. The van der Waals surface area contributed by atoms with Crippen molar-refractivity contribution in [3.8, 4) is 10.8 Å². The second kappa shape index (κ2) is 10.4. The molecule has 4 heterocycles. The smallest absolute Gasteiger partial charge is 0.333 e. The Morgan fingerprint density at radius 1 is 1.13 bits per heavy atom. The lowest BCUT2D eigenvalue weighted by molar-refractivity contribution is -0.140. The topological polar surface area (TPSA) is 104 Å². The first-order valence-electron chi connectivity index (χ1n) is 12.9. The van der Waals surface area contributed by atoms with Crippen molar-refractivity contribution < 1.29 is 13.9 Å². The molecule has 0 atom stereocenters. The number of halogens is 1. The largest absolute Gasteiger partial charge is 0.496 e. The third-order valence-corrected chi connectivity index (χ3v) is 8.64. The van der Waals surface area contributed by atoms with Crippen LogP contribution in [0.3, 0.4) is 0 Å². The van der Waals surface area contributed by atoms with E-state index in [0.29, 0.717) is 45.2 Å². The standard InChI is InChI=1S/C27H31FN6O4S/c1-17-21-22(35)33(27(2,3)25(36)31-13-6-5-7-14-31)26(37)32(24(21)39-23(17)34-29-11-12-30-34)15-10-18-16-19(28)8-9-20(18)38-4/h8-9,11-12,16H,5-7,10,13-15H2,1-4H3. The molecule has 1 aliphatic heterocycles. The lowest BCUT2D eigenvalue weighted by Gasteiger charge is -2.35. The van der Waals surface area contributed by atoms with Crippen LogP contribution in [0, 0.1) is 12.7 Å². The number of rotatable bonds is 7. The van der Waals surface area contributed by atoms with Crippen molar-refractivity contribution in [2.24, 2.45) is 0 Å². The Balaban J connectivity index is 1.70. The fraction of sp³-hybridized carbons (Fsp3) is 0.444. The third-order valence-electron chi connectivity index (χ3n) is 7.36. The molecule has 0 bridgehead atoms. The molecule has 0 spiro atoms. The minimum atomic E-state index is -1.42. The molecule has 0 saturated carbocycles. The molecule has 1 fully saturated rings. The zero-order chi connectivity index (χ0) is 27.9. The van der Waals surface area contributed by atoms with Crippen LogP contribution in [-0.2, 0) is 23.3 Å². The number of aromatic nitrogens is 5. The predicted molar refractivity (Wildman–Crippen MR) is 146 cm³/mol. The number of hydrogen-bond donors (Lipinski definition) is 0. The van der Waals surface area contributed by atoms with Crippen LogP contribution in [-0.4, -0.2) is 55.1 Å². The van der Waals surface area contributed by atoms with Crippen LogP contribution in [0.1, 0.15) is 44.2 Å². The first-order valence-corrected chi connectivity index (χ1v) is 13.7. The molecule has 0 unspecified atom stereocenters. The number of benzene rings is 1. The number of aryl methyl sites for hydroxylation is 3. The van der Waals surface area contributed by atoms with E-state index < -0.39 is 22.6 Å². The summed E-state index contributed by atoms with van der Waals surface area (Å²) in [6, 6.07) is 4.23. The number of likely N-dealkylation sites (tertiary alicyclic amines) is 1. The second-order valence-electron chi connectivity index (χ2n) is 10.2. The molecule has 1 aromatic carbocycles. The van der Waals surface area contributed by atoms with Crippen molar-refractivity contribution >= 4 is 27.5 Å². The van der Waals surface area contributed by atoms with Crippen molar-refractivity contribution in [2.45, 2.75) is 58.5 Å². The summed E-state index contributed by atoms with van der Waals surface area (Å²) in [6.45, 7) is 6.35. The molecule has 1 amide bonds. The summed E-state index contributed by atoms with van der Waals surface area (Å²) in [5, 5.41) is 9.35. The van der Waals surface area contributed by atoms with Gasteiger partial charge in [-0.15, -0.1) is 4.80 Å². The number of nitrogens with zero attached hydrogens (tertiary/aromatic N) is 6. The van der Waals surface area contributed by atoms with E-state index >= 15 is 0 Å². The Hall–Kier alpha value is -3.80. The molecule has 1 aliphatic rings. The Labute approximate surface area is 228 Å². The summed E-state index contributed by atoms with van der Waals surface area (Å²) in [4.78, 5) is 45.4. The molecule has 0 N–H and O–H groups in total. The lowest BCUT2D eigenvalue weighted by atomic mass is 10.00. The SMILES string of the molecule is COc1ccc(F)cc1CCn1c(=O)n(C(C)(C)C(=O)N2CCCCC2)c(=O)c2c(C)c(-n3nccn3)sc21. The van der Waals surface area contributed by atoms with E-state index in [4.69, 9.17) is 4.74 Å². The minimum absolute atomic E-state index is 0.134. The van der Waals surface area contributed by atoms with Gasteiger partial charge in [-0.2, -0.15) is 10.2 Å². The van der Waals surface area contributed by atoms with Gasteiger partial charge in [0, 0.05) is 25.2 Å². The molecule has 4 aromatic rings. The summed E-state index contributed by atoms with van der Waals surface area (Å²) in [7, 11) is 1.50. The summed E-state index contributed by atoms with van der Waals surface area (Å²) < 4.78 is 22.0. The monoisotopic (exact) mass is 554 g/mol. The fourth-order valence-electron chi connectivity index (χ4n) is 5.29. The minimum Gasteiger partial charge on any atom is -0.496 e. The van der Waals surface area contributed by atoms with Gasteiger partial charge in [0.15, 0.2) is 0 Å². The number of methoxy groups -OCH3 is 1. The maximum atomic E-state index is 14.1. The van der Waals surface area contributed by atoms with Crippen molar-refractivity contribution in [2.75, 3.05) is 20.2 Å². The summed E-state index contributed by atoms with van der Waals surface area (Å²) >= 11 is 1.23. The van der Waals surface area contributed by atoms with Crippen LogP contribution < -0.4 is 16.0 Å². The van der Waals surface area contributed by atoms with E-state index in [1.54, 1.807) is 31.7 Å². The number of thiophene rings is 1. The van der Waals surface area contributed by atoms with E-state index in [9.17, 15) is 18.8 Å². The maximum Gasteiger partial charge on any atom is 0.333 e. The van der Waals surface area contributed by atoms with Crippen molar-refractivity contribution in [1.29, 1.82) is 0 Å². The second-order valence-corrected chi connectivity index (χ2v) is 11.2. The fourth-order valence-corrected chi connectivity index (χ4v) is 6.53. The molecule has 0 radical (unpaired) electrons. The van der Waals surface area contributed by atoms with Crippen LogP contribution in [0.4, 0.5) is 4.39 Å². The first-order chi connectivity index (χ1) is 18.6. The number of carbonyl (C=O) groups excluding carboxylic acids is 1. The van der Waals surface area contributed by atoms with E-state index in [2.05, 4.69) is 10.2 Å². The molecule has 12 heteroatoms. The molecule has 206 valence electrons. The zero-order valence-corrected chi connectivity index (χ0v) is 23.3. The molecule has 5 rings (SSSR count). The van der Waals surface area contributed by atoms with Crippen molar-refractivity contribution in [1.82, 2.24) is 29.0 Å². The van der Waals surface area contributed by atoms with Crippen molar-refractivity contribution in [3.05, 3.63) is 68.4 Å². The Morgan fingerprint density at radius 2 is 1.82 bits per heavy atom. The molecule has 1 saturated heterocycles. The van der Waals surface area contributed by atoms with E-state index in [1.807, 2.05) is 0 Å². The molecular formula is C27H31FN6O4S. The van der Waals surface area contributed by atoms with Gasteiger partial charge in [-0.05, 0) is 70.2 Å². The van der Waals surface area contributed by atoms with Crippen LogP contribution in [0.2, 0.25) is 0 Å². The molecular weight excluding hydrogens is 523 g/mol. The van der Waals surface area contributed by atoms with Gasteiger partial charge in [0.2, 0.25) is 5.91 Å². The van der Waals surface area contributed by atoms with Gasteiger partial charge < -0.3 is 9.64 Å². The zero-order valence-electron chi connectivity index (χ0n) is 22.4. The number of carbonyl (C=O) groups is 1. The Kier molecular flexibility index (Phi) is 7.15. The number of ether oxygens (including phenoxy) is 1. The van der Waals surface area contributed by atoms with E-state index in [-0.39, 0.29) is 18.9 Å². The summed E-state index contributed by atoms with van der Waals surface area (Å²) in [6.07, 6.45) is 6.15. The van der Waals surface area contributed by atoms with Gasteiger partial charge in [-0.3, -0.25) is 14.2 Å². The summed E-state index contributed by atoms with van der Waals surface area (Å²) in [5.74, 6) is -0.181. The lowest BCUT2D eigenvalue weighted by Crippen LogP contribution is -2.57. The highest BCUT2D eigenvalue weighted by molar-refractivity contribution is 7.21. The van der Waals surface area contributed by atoms with Gasteiger partial charge in [0.05, 0.1) is 24.9 Å².